The molecule has 0 aliphatic heterocycles. The monoisotopic (exact) mass is 288 g/mol. The van der Waals surface area contributed by atoms with E-state index < -0.39 is 15.8 Å². The number of sulfonamides is 1. The van der Waals surface area contributed by atoms with Crippen molar-refractivity contribution in [3.63, 3.8) is 0 Å². The van der Waals surface area contributed by atoms with Crippen molar-refractivity contribution in [2.24, 2.45) is 5.92 Å². The Balaban J connectivity index is 3.22. The van der Waals surface area contributed by atoms with Gasteiger partial charge in [0.05, 0.1) is 17.6 Å². The minimum absolute atomic E-state index is 0.131. The van der Waals surface area contributed by atoms with Gasteiger partial charge in [0.25, 0.3) is 0 Å². The lowest BCUT2D eigenvalue weighted by Crippen LogP contribution is -2.27. The Morgan fingerprint density at radius 3 is 2.42 bits per heavy atom. The number of amides is 1. The van der Waals surface area contributed by atoms with Crippen molar-refractivity contribution in [3.05, 3.63) is 24.0 Å². The zero-order chi connectivity index (χ0) is 14.8. The number of rotatable bonds is 4. The topological polar surface area (TPSA) is 66.5 Å². The van der Waals surface area contributed by atoms with E-state index in [2.05, 4.69) is 5.32 Å². The Hall–Kier alpha value is -1.63. The minimum Gasteiger partial charge on any atom is -0.324 e. The van der Waals surface area contributed by atoms with Gasteiger partial charge in [-0.3, -0.25) is 9.10 Å². The fourth-order valence-corrected chi connectivity index (χ4v) is 1.86. The summed E-state index contributed by atoms with van der Waals surface area (Å²) in [6.45, 7) is 3.38. The molecule has 5 nitrogen and oxygen atoms in total. The Morgan fingerprint density at radius 1 is 1.37 bits per heavy atom. The highest BCUT2D eigenvalue weighted by molar-refractivity contribution is 7.92. The van der Waals surface area contributed by atoms with Crippen LogP contribution in [-0.2, 0) is 14.8 Å². The van der Waals surface area contributed by atoms with Crippen LogP contribution in [0.4, 0.5) is 15.8 Å². The molecule has 1 rings (SSSR count). The van der Waals surface area contributed by atoms with Crippen molar-refractivity contribution in [1.82, 2.24) is 0 Å². The van der Waals surface area contributed by atoms with Crippen molar-refractivity contribution >= 4 is 27.3 Å². The number of carbonyl (C=O) groups excluding carboxylic acids is 1. The first-order valence-corrected chi connectivity index (χ1v) is 7.52. The third kappa shape index (κ3) is 3.92. The van der Waals surface area contributed by atoms with Gasteiger partial charge in [-0.15, -0.1) is 0 Å². The fourth-order valence-electron chi connectivity index (χ4n) is 1.34. The predicted octanol–water partition coefficient (Wildman–Crippen LogP) is 1.82. The van der Waals surface area contributed by atoms with Gasteiger partial charge in [0, 0.05) is 13.0 Å². The first-order chi connectivity index (χ1) is 8.62. The molecule has 0 saturated heterocycles. The van der Waals surface area contributed by atoms with Crippen LogP contribution in [0.3, 0.4) is 0 Å². The van der Waals surface area contributed by atoms with Crippen LogP contribution in [0.1, 0.15) is 13.8 Å². The van der Waals surface area contributed by atoms with Gasteiger partial charge < -0.3 is 5.32 Å². The van der Waals surface area contributed by atoms with E-state index in [1.54, 1.807) is 13.8 Å². The third-order valence-electron chi connectivity index (χ3n) is 2.58. The SMILES string of the molecule is CC(C)C(=O)Nc1cc(F)ccc1N(C)S(C)(=O)=O. The minimum atomic E-state index is -3.49. The third-order valence-corrected chi connectivity index (χ3v) is 3.77. The van der Waals surface area contributed by atoms with Gasteiger partial charge >= 0.3 is 0 Å². The van der Waals surface area contributed by atoms with Crippen LogP contribution in [0.2, 0.25) is 0 Å². The maximum Gasteiger partial charge on any atom is 0.232 e. The maximum absolute atomic E-state index is 13.2. The average Bonchev–Trinajstić information content (AvgIpc) is 2.27. The molecule has 1 amide bonds. The predicted molar refractivity (Wildman–Crippen MR) is 73.1 cm³/mol. The molecule has 0 aromatic heterocycles. The van der Waals surface area contributed by atoms with E-state index in [9.17, 15) is 17.6 Å². The molecule has 0 aliphatic carbocycles. The molecule has 1 N–H and O–H groups in total. The van der Waals surface area contributed by atoms with Crippen LogP contribution >= 0.6 is 0 Å². The highest BCUT2D eigenvalue weighted by Gasteiger charge is 2.18. The lowest BCUT2D eigenvalue weighted by atomic mass is 10.2. The van der Waals surface area contributed by atoms with E-state index in [1.807, 2.05) is 0 Å². The number of anilines is 2. The summed E-state index contributed by atoms with van der Waals surface area (Å²) in [6, 6.07) is 3.55. The number of halogens is 1. The highest BCUT2D eigenvalue weighted by atomic mass is 32.2. The summed E-state index contributed by atoms with van der Waals surface area (Å²) in [6.07, 6.45) is 1.03. The number of benzene rings is 1. The summed E-state index contributed by atoms with van der Waals surface area (Å²) in [7, 11) is -2.15. The molecule has 0 aliphatic rings. The Morgan fingerprint density at radius 2 is 1.95 bits per heavy atom. The number of hydrogen-bond acceptors (Lipinski definition) is 3. The molecular formula is C12H17FN2O3S. The molecule has 0 atom stereocenters. The van der Waals surface area contributed by atoms with Gasteiger partial charge in [-0.25, -0.2) is 12.8 Å². The van der Waals surface area contributed by atoms with E-state index in [4.69, 9.17) is 0 Å². The second-order valence-corrected chi connectivity index (χ2v) is 6.55. The van der Waals surface area contributed by atoms with E-state index in [-0.39, 0.29) is 23.2 Å². The van der Waals surface area contributed by atoms with Crippen molar-refractivity contribution in [3.8, 4) is 0 Å². The van der Waals surface area contributed by atoms with E-state index in [0.717, 1.165) is 22.7 Å². The molecule has 19 heavy (non-hydrogen) atoms. The number of carbonyl (C=O) groups is 1. The van der Waals surface area contributed by atoms with Gasteiger partial charge in [-0.05, 0) is 18.2 Å². The number of nitrogens with one attached hydrogen (secondary N) is 1. The highest BCUT2D eigenvalue weighted by Crippen LogP contribution is 2.28. The molecule has 7 heteroatoms. The van der Waals surface area contributed by atoms with E-state index in [0.29, 0.717) is 0 Å². The fraction of sp³-hybridized carbons (Fsp3) is 0.417. The quantitative estimate of drug-likeness (QED) is 0.919. The molecule has 0 saturated carbocycles. The van der Waals surface area contributed by atoms with E-state index in [1.165, 1.54) is 13.1 Å². The second-order valence-electron chi connectivity index (χ2n) is 4.54. The van der Waals surface area contributed by atoms with Crippen molar-refractivity contribution in [1.29, 1.82) is 0 Å². The number of hydrogen-bond donors (Lipinski definition) is 1. The lowest BCUT2D eigenvalue weighted by molar-refractivity contribution is -0.118. The average molecular weight is 288 g/mol. The lowest BCUT2D eigenvalue weighted by Gasteiger charge is -2.21. The zero-order valence-corrected chi connectivity index (χ0v) is 12.1. The smallest absolute Gasteiger partial charge is 0.232 e. The summed E-state index contributed by atoms with van der Waals surface area (Å²) in [5, 5.41) is 2.52. The molecule has 1 aromatic rings. The first-order valence-electron chi connectivity index (χ1n) is 5.67. The van der Waals surface area contributed by atoms with Crippen LogP contribution in [0.5, 0.6) is 0 Å². The molecule has 1 aromatic carbocycles. The Bertz CT molecular complexity index is 585. The van der Waals surface area contributed by atoms with Gasteiger partial charge in [0.15, 0.2) is 0 Å². The van der Waals surface area contributed by atoms with Crippen LogP contribution in [-0.4, -0.2) is 27.6 Å². The molecule has 0 radical (unpaired) electrons. The first kappa shape index (κ1) is 15.4. The van der Waals surface area contributed by atoms with Gasteiger partial charge in [-0.2, -0.15) is 0 Å². The molecular weight excluding hydrogens is 271 g/mol. The molecule has 0 heterocycles. The molecule has 0 spiro atoms. The van der Waals surface area contributed by atoms with Crippen molar-refractivity contribution < 1.29 is 17.6 Å². The van der Waals surface area contributed by atoms with Gasteiger partial charge in [-0.1, -0.05) is 13.8 Å². The van der Waals surface area contributed by atoms with Crippen molar-refractivity contribution in [2.75, 3.05) is 22.9 Å². The van der Waals surface area contributed by atoms with E-state index >= 15 is 0 Å². The van der Waals surface area contributed by atoms with Gasteiger partial charge in [0.2, 0.25) is 15.9 Å². The zero-order valence-electron chi connectivity index (χ0n) is 11.3. The molecule has 0 unspecified atom stereocenters. The summed E-state index contributed by atoms with van der Waals surface area (Å²) in [4.78, 5) is 11.6. The van der Waals surface area contributed by atoms with Crippen LogP contribution in [0, 0.1) is 11.7 Å². The Kier molecular flexibility index (Phi) is 4.52. The van der Waals surface area contributed by atoms with Crippen LogP contribution in [0.25, 0.3) is 0 Å². The standard InChI is InChI=1S/C12H17FN2O3S/c1-8(2)12(16)14-10-7-9(13)5-6-11(10)15(3)19(4,17)18/h5-8H,1-4H3,(H,14,16). The Labute approximate surface area is 112 Å². The van der Waals surface area contributed by atoms with Crippen LogP contribution in [0.15, 0.2) is 18.2 Å². The maximum atomic E-state index is 13.2. The normalized spacial score (nSPS) is 11.5. The second kappa shape index (κ2) is 5.56. The summed E-state index contributed by atoms with van der Waals surface area (Å²) in [5.41, 5.74) is 0.351. The number of nitrogens with zero attached hydrogens (tertiary/aromatic N) is 1. The summed E-state index contributed by atoms with van der Waals surface area (Å²) in [5.74, 6) is -1.15. The molecule has 106 valence electrons. The molecule has 0 bridgehead atoms. The van der Waals surface area contributed by atoms with Gasteiger partial charge in [0.1, 0.15) is 5.82 Å². The largest absolute Gasteiger partial charge is 0.324 e. The molecule has 0 fully saturated rings. The summed E-state index contributed by atoms with van der Waals surface area (Å²) >= 11 is 0. The summed E-state index contributed by atoms with van der Waals surface area (Å²) < 4.78 is 37.2. The van der Waals surface area contributed by atoms with Crippen molar-refractivity contribution in [2.45, 2.75) is 13.8 Å². The van der Waals surface area contributed by atoms with Crippen LogP contribution < -0.4 is 9.62 Å².